The number of nitrogens with one attached hydrogen (secondary N) is 1. The predicted octanol–water partition coefficient (Wildman–Crippen LogP) is 4.06. The quantitative estimate of drug-likeness (QED) is 0.797. The van der Waals surface area contributed by atoms with Gasteiger partial charge >= 0.3 is 0 Å². The molecular formula is C17H27N. The molecule has 1 heteroatoms. The predicted molar refractivity (Wildman–Crippen MR) is 78.8 cm³/mol. The highest BCUT2D eigenvalue weighted by Gasteiger charge is 2.43. The van der Waals surface area contributed by atoms with Crippen molar-refractivity contribution in [3.8, 4) is 0 Å². The minimum absolute atomic E-state index is 0.601. The van der Waals surface area contributed by atoms with Gasteiger partial charge in [0, 0.05) is 6.04 Å². The maximum absolute atomic E-state index is 3.56. The van der Waals surface area contributed by atoms with Crippen LogP contribution in [0.4, 0.5) is 0 Å². The molecule has 0 bridgehead atoms. The van der Waals surface area contributed by atoms with Gasteiger partial charge < -0.3 is 5.32 Å². The molecule has 0 radical (unpaired) electrons. The third kappa shape index (κ3) is 3.35. The molecule has 0 aromatic heterocycles. The topological polar surface area (TPSA) is 12.0 Å². The van der Waals surface area contributed by atoms with Crippen molar-refractivity contribution in [3.05, 3.63) is 35.9 Å². The molecule has 4 unspecified atom stereocenters. The maximum atomic E-state index is 3.56. The Balaban J connectivity index is 1.83. The second kappa shape index (κ2) is 5.88. The van der Waals surface area contributed by atoms with E-state index in [0.29, 0.717) is 6.04 Å². The molecule has 0 heterocycles. The Kier molecular flexibility index (Phi) is 4.45. The van der Waals surface area contributed by atoms with E-state index >= 15 is 0 Å². The normalized spacial score (nSPS) is 26.1. The summed E-state index contributed by atoms with van der Waals surface area (Å²) in [6.07, 6.45) is 1.39. The molecule has 1 fully saturated rings. The zero-order valence-electron chi connectivity index (χ0n) is 12.2. The van der Waals surface area contributed by atoms with E-state index in [0.717, 1.165) is 30.2 Å². The van der Waals surface area contributed by atoms with Crippen LogP contribution in [0.25, 0.3) is 0 Å². The maximum Gasteiger partial charge on any atom is 0.00104 e. The monoisotopic (exact) mass is 245 g/mol. The van der Waals surface area contributed by atoms with E-state index in [1.165, 1.54) is 6.42 Å². The van der Waals surface area contributed by atoms with Crippen molar-refractivity contribution in [1.82, 2.24) is 5.32 Å². The molecule has 1 nitrogen and oxygen atoms in total. The fourth-order valence-electron chi connectivity index (χ4n) is 2.91. The van der Waals surface area contributed by atoms with Gasteiger partial charge in [0.25, 0.3) is 0 Å². The average molecular weight is 245 g/mol. The van der Waals surface area contributed by atoms with Gasteiger partial charge in [0.15, 0.2) is 0 Å². The average Bonchev–Trinajstić information content (AvgIpc) is 3.16. The van der Waals surface area contributed by atoms with Crippen LogP contribution >= 0.6 is 0 Å². The van der Waals surface area contributed by atoms with Gasteiger partial charge in [-0.15, -0.1) is 0 Å². The molecule has 1 saturated carbocycles. The number of rotatable bonds is 6. The van der Waals surface area contributed by atoms with Gasteiger partial charge in [-0.1, -0.05) is 58.0 Å². The summed E-state index contributed by atoms with van der Waals surface area (Å²) >= 11 is 0. The third-order valence-electron chi connectivity index (χ3n) is 4.49. The minimum Gasteiger partial charge on any atom is -0.314 e. The lowest BCUT2D eigenvalue weighted by atomic mass is 9.89. The third-order valence-corrected chi connectivity index (χ3v) is 4.49. The van der Waals surface area contributed by atoms with Crippen LogP contribution in [-0.4, -0.2) is 12.6 Å². The lowest BCUT2D eigenvalue weighted by molar-refractivity contribution is 0.319. The molecule has 1 aliphatic carbocycles. The molecule has 0 saturated heterocycles. The molecule has 18 heavy (non-hydrogen) atoms. The van der Waals surface area contributed by atoms with Crippen LogP contribution in [0, 0.1) is 17.8 Å². The summed E-state index contributed by atoms with van der Waals surface area (Å²) in [5, 5.41) is 3.56. The summed E-state index contributed by atoms with van der Waals surface area (Å²) < 4.78 is 0. The number of benzene rings is 1. The minimum atomic E-state index is 0.601. The van der Waals surface area contributed by atoms with Crippen LogP contribution in [-0.2, 0) is 0 Å². The standard InChI is InChI=1S/C17H27N/c1-12(2)18-11-13(3)14(4)16-10-17(16)15-8-6-5-7-9-15/h5-9,12-14,16-18H,10-11H2,1-4H3. The molecule has 0 amide bonds. The molecule has 1 aliphatic rings. The van der Waals surface area contributed by atoms with Gasteiger partial charge in [-0.05, 0) is 42.2 Å². The van der Waals surface area contributed by atoms with E-state index in [-0.39, 0.29) is 0 Å². The van der Waals surface area contributed by atoms with Crippen LogP contribution in [0.15, 0.2) is 30.3 Å². The molecule has 1 aromatic carbocycles. The van der Waals surface area contributed by atoms with Crippen LogP contribution in [0.2, 0.25) is 0 Å². The molecule has 1 aromatic rings. The van der Waals surface area contributed by atoms with Crippen molar-refractivity contribution < 1.29 is 0 Å². The van der Waals surface area contributed by atoms with Gasteiger partial charge in [0.1, 0.15) is 0 Å². The fourth-order valence-corrected chi connectivity index (χ4v) is 2.91. The summed E-state index contributed by atoms with van der Waals surface area (Å²) in [4.78, 5) is 0. The Labute approximate surface area is 112 Å². The lowest BCUT2D eigenvalue weighted by Crippen LogP contribution is -2.31. The molecule has 0 spiro atoms. The van der Waals surface area contributed by atoms with E-state index in [4.69, 9.17) is 0 Å². The largest absolute Gasteiger partial charge is 0.314 e. The highest BCUT2D eigenvalue weighted by atomic mass is 14.9. The Morgan fingerprint density at radius 3 is 2.39 bits per heavy atom. The van der Waals surface area contributed by atoms with Crippen molar-refractivity contribution in [1.29, 1.82) is 0 Å². The van der Waals surface area contributed by atoms with Crippen LogP contribution in [0.5, 0.6) is 0 Å². The zero-order valence-corrected chi connectivity index (χ0v) is 12.2. The molecule has 100 valence electrons. The molecule has 2 rings (SSSR count). The number of hydrogen-bond acceptors (Lipinski definition) is 1. The van der Waals surface area contributed by atoms with Crippen LogP contribution < -0.4 is 5.32 Å². The van der Waals surface area contributed by atoms with E-state index in [9.17, 15) is 0 Å². The van der Waals surface area contributed by atoms with E-state index < -0.39 is 0 Å². The second-order valence-corrected chi connectivity index (χ2v) is 6.32. The van der Waals surface area contributed by atoms with Gasteiger partial charge in [0.2, 0.25) is 0 Å². The van der Waals surface area contributed by atoms with Crippen molar-refractivity contribution in [3.63, 3.8) is 0 Å². The van der Waals surface area contributed by atoms with Crippen LogP contribution in [0.3, 0.4) is 0 Å². The summed E-state index contributed by atoms with van der Waals surface area (Å²) in [5.41, 5.74) is 1.54. The summed E-state index contributed by atoms with van der Waals surface area (Å²) in [7, 11) is 0. The Hall–Kier alpha value is -0.820. The van der Waals surface area contributed by atoms with Gasteiger partial charge in [-0.25, -0.2) is 0 Å². The SMILES string of the molecule is CC(C)NCC(C)C(C)C1CC1c1ccccc1. The second-order valence-electron chi connectivity index (χ2n) is 6.32. The smallest absolute Gasteiger partial charge is 0.00104 e. The fraction of sp³-hybridized carbons (Fsp3) is 0.647. The lowest BCUT2D eigenvalue weighted by Gasteiger charge is -2.22. The summed E-state index contributed by atoms with van der Waals surface area (Å²) in [5.74, 6) is 3.31. The Morgan fingerprint density at radius 1 is 1.11 bits per heavy atom. The molecule has 4 atom stereocenters. The molecular weight excluding hydrogens is 218 g/mol. The van der Waals surface area contributed by atoms with Crippen molar-refractivity contribution in [2.75, 3.05) is 6.54 Å². The van der Waals surface area contributed by atoms with Crippen molar-refractivity contribution >= 4 is 0 Å². The first-order chi connectivity index (χ1) is 8.59. The van der Waals surface area contributed by atoms with Gasteiger partial charge in [0.05, 0.1) is 0 Å². The first kappa shape index (κ1) is 13.6. The Bertz CT molecular complexity index is 357. The highest BCUT2D eigenvalue weighted by Crippen LogP contribution is 2.53. The van der Waals surface area contributed by atoms with Gasteiger partial charge in [-0.3, -0.25) is 0 Å². The van der Waals surface area contributed by atoms with Crippen LogP contribution in [0.1, 0.15) is 45.6 Å². The molecule has 0 aliphatic heterocycles. The van der Waals surface area contributed by atoms with E-state index in [1.54, 1.807) is 5.56 Å². The highest BCUT2D eigenvalue weighted by molar-refractivity contribution is 5.26. The van der Waals surface area contributed by atoms with E-state index in [1.807, 2.05) is 0 Å². The van der Waals surface area contributed by atoms with Crippen molar-refractivity contribution in [2.45, 2.75) is 46.1 Å². The van der Waals surface area contributed by atoms with E-state index in [2.05, 4.69) is 63.3 Å². The first-order valence-corrected chi connectivity index (χ1v) is 7.38. The number of hydrogen-bond donors (Lipinski definition) is 1. The van der Waals surface area contributed by atoms with Crippen molar-refractivity contribution in [2.24, 2.45) is 17.8 Å². The van der Waals surface area contributed by atoms with Gasteiger partial charge in [-0.2, -0.15) is 0 Å². The summed E-state index contributed by atoms with van der Waals surface area (Å²) in [6.45, 7) is 10.4. The molecule has 1 N–H and O–H groups in total. The zero-order chi connectivity index (χ0) is 13.1. The Morgan fingerprint density at radius 2 is 1.78 bits per heavy atom. The summed E-state index contributed by atoms with van der Waals surface area (Å²) in [6, 6.07) is 11.6. The first-order valence-electron chi connectivity index (χ1n) is 7.38.